The molecule has 0 aliphatic carbocycles. The van der Waals surface area contributed by atoms with Gasteiger partial charge in [-0.25, -0.2) is 0 Å². The number of nitrogens with one attached hydrogen (secondary N) is 1. The lowest BCUT2D eigenvalue weighted by molar-refractivity contribution is -0.116. The molecular weight excluding hydrogens is 122 g/mol. The van der Waals surface area contributed by atoms with E-state index in [4.69, 9.17) is 9.47 Å². The summed E-state index contributed by atoms with van der Waals surface area (Å²) in [4.78, 5) is 4.57. The van der Waals surface area contributed by atoms with Crippen LogP contribution in [-0.2, 0) is 14.3 Å². The molecule has 0 saturated heterocycles. The van der Waals surface area contributed by atoms with Gasteiger partial charge < -0.3 is 14.3 Å². The molecular formula is C5H13NO3. The summed E-state index contributed by atoms with van der Waals surface area (Å²) >= 11 is 0. The molecule has 0 unspecified atom stereocenters. The second-order valence-corrected chi connectivity index (χ2v) is 1.45. The van der Waals surface area contributed by atoms with E-state index in [0.717, 1.165) is 0 Å². The summed E-state index contributed by atoms with van der Waals surface area (Å²) in [6, 6.07) is 0. The van der Waals surface area contributed by atoms with Gasteiger partial charge in [0, 0.05) is 14.2 Å². The van der Waals surface area contributed by atoms with E-state index in [2.05, 4.69) is 10.3 Å². The smallest absolute Gasteiger partial charge is 0.171 e. The van der Waals surface area contributed by atoms with Crippen LogP contribution in [0.25, 0.3) is 0 Å². The molecule has 1 N–H and O–H groups in total. The Labute approximate surface area is 55.0 Å². The minimum Gasteiger partial charge on any atom is -0.354 e. The molecule has 0 radical (unpaired) electrons. The molecule has 0 spiro atoms. The Kier molecular flexibility index (Phi) is 5.86. The van der Waals surface area contributed by atoms with Gasteiger partial charge in [0.2, 0.25) is 0 Å². The fourth-order valence-electron chi connectivity index (χ4n) is 0.414. The summed E-state index contributed by atoms with van der Waals surface area (Å²) in [7, 11) is 4.69. The van der Waals surface area contributed by atoms with Gasteiger partial charge in [0.15, 0.2) is 6.29 Å². The van der Waals surface area contributed by atoms with Crippen LogP contribution in [0.3, 0.4) is 0 Å². The highest BCUT2D eigenvalue weighted by Gasteiger charge is 2.01. The van der Waals surface area contributed by atoms with E-state index >= 15 is 0 Å². The zero-order valence-electron chi connectivity index (χ0n) is 6.01. The van der Waals surface area contributed by atoms with Crippen LogP contribution in [0.2, 0.25) is 0 Å². The molecule has 0 heterocycles. The second-order valence-electron chi connectivity index (χ2n) is 1.45. The Morgan fingerprint density at radius 3 is 2.11 bits per heavy atom. The van der Waals surface area contributed by atoms with Crippen LogP contribution in [0.4, 0.5) is 0 Å². The van der Waals surface area contributed by atoms with E-state index in [9.17, 15) is 0 Å². The zero-order chi connectivity index (χ0) is 7.11. The quantitative estimate of drug-likeness (QED) is 0.417. The number of methoxy groups -OCH3 is 2. The molecule has 0 fully saturated rings. The fraction of sp³-hybridized carbons (Fsp3) is 1.00. The Bertz CT molecular complexity index is 56.2. The molecule has 4 heteroatoms. The minimum absolute atomic E-state index is 0.232. The molecule has 0 aliphatic heterocycles. The number of ether oxygens (including phenoxy) is 2. The molecule has 0 bridgehead atoms. The molecule has 0 saturated carbocycles. The Morgan fingerprint density at radius 1 is 1.22 bits per heavy atom. The zero-order valence-corrected chi connectivity index (χ0v) is 6.01. The van der Waals surface area contributed by atoms with E-state index < -0.39 is 0 Å². The number of hydrogen-bond donors (Lipinski definition) is 1. The van der Waals surface area contributed by atoms with Crippen molar-refractivity contribution < 1.29 is 14.3 Å². The third-order valence-corrected chi connectivity index (χ3v) is 0.920. The molecule has 0 rings (SSSR count). The molecule has 0 aromatic heterocycles. The van der Waals surface area contributed by atoms with Crippen LogP contribution in [0.15, 0.2) is 0 Å². The van der Waals surface area contributed by atoms with Crippen LogP contribution in [0.1, 0.15) is 0 Å². The third kappa shape index (κ3) is 4.35. The van der Waals surface area contributed by atoms with Gasteiger partial charge in [-0.3, -0.25) is 0 Å². The van der Waals surface area contributed by atoms with Gasteiger partial charge >= 0.3 is 0 Å². The lowest BCUT2D eigenvalue weighted by Crippen LogP contribution is -2.28. The van der Waals surface area contributed by atoms with E-state index in [1.54, 1.807) is 21.3 Å². The Morgan fingerprint density at radius 2 is 1.78 bits per heavy atom. The first-order valence-electron chi connectivity index (χ1n) is 2.66. The van der Waals surface area contributed by atoms with Gasteiger partial charge in [0.1, 0.15) is 0 Å². The lowest BCUT2D eigenvalue weighted by atomic mass is 10.6. The molecule has 0 aromatic carbocycles. The number of rotatable bonds is 5. The third-order valence-electron chi connectivity index (χ3n) is 0.920. The van der Waals surface area contributed by atoms with E-state index in [1.807, 2.05) is 0 Å². The Hall–Kier alpha value is -0.160. The molecule has 0 amide bonds. The van der Waals surface area contributed by atoms with Crippen molar-refractivity contribution in [2.75, 3.05) is 27.9 Å². The maximum atomic E-state index is 4.84. The summed E-state index contributed by atoms with van der Waals surface area (Å²) in [5.41, 5.74) is 2.60. The maximum absolute atomic E-state index is 4.84. The fourth-order valence-corrected chi connectivity index (χ4v) is 0.414. The highest BCUT2D eigenvalue weighted by molar-refractivity contribution is 4.39. The highest BCUT2D eigenvalue weighted by atomic mass is 16.7. The normalized spacial score (nSPS) is 10.7. The molecule has 0 aliphatic rings. The van der Waals surface area contributed by atoms with Crippen molar-refractivity contribution in [3.8, 4) is 0 Å². The van der Waals surface area contributed by atoms with E-state index in [0.29, 0.717) is 6.54 Å². The first-order valence-corrected chi connectivity index (χ1v) is 2.66. The highest BCUT2D eigenvalue weighted by Crippen LogP contribution is 1.85. The summed E-state index contributed by atoms with van der Waals surface area (Å²) in [5.74, 6) is 0. The Balaban J connectivity index is 3.09. The molecule has 56 valence electrons. The van der Waals surface area contributed by atoms with Crippen LogP contribution in [-0.4, -0.2) is 34.2 Å². The summed E-state index contributed by atoms with van der Waals surface area (Å²) in [6.45, 7) is 0.531. The lowest BCUT2D eigenvalue weighted by Gasteiger charge is -2.12. The summed E-state index contributed by atoms with van der Waals surface area (Å²) in [6.07, 6.45) is -0.232. The SMILES string of the molecule is CONCC(OC)OC. The van der Waals surface area contributed by atoms with Crippen molar-refractivity contribution in [1.29, 1.82) is 0 Å². The first-order chi connectivity index (χ1) is 4.35. The second kappa shape index (κ2) is 5.97. The van der Waals surface area contributed by atoms with Crippen molar-refractivity contribution >= 4 is 0 Å². The average Bonchev–Trinajstić information content (AvgIpc) is 1.91. The van der Waals surface area contributed by atoms with Crippen LogP contribution >= 0.6 is 0 Å². The maximum Gasteiger partial charge on any atom is 0.171 e. The number of hydrogen-bond acceptors (Lipinski definition) is 4. The topological polar surface area (TPSA) is 39.7 Å². The average molecular weight is 135 g/mol. The summed E-state index contributed by atoms with van der Waals surface area (Å²) in [5, 5.41) is 0. The van der Waals surface area contributed by atoms with Crippen molar-refractivity contribution in [3.05, 3.63) is 0 Å². The largest absolute Gasteiger partial charge is 0.354 e. The van der Waals surface area contributed by atoms with Crippen molar-refractivity contribution in [3.63, 3.8) is 0 Å². The molecule has 0 atom stereocenters. The van der Waals surface area contributed by atoms with Crippen molar-refractivity contribution in [1.82, 2.24) is 5.48 Å². The van der Waals surface area contributed by atoms with Gasteiger partial charge in [0.25, 0.3) is 0 Å². The first kappa shape index (κ1) is 8.84. The van der Waals surface area contributed by atoms with Crippen LogP contribution < -0.4 is 5.48 Å². The van der Waals surface area contributed by atoms with Crippen LogP contribution in [0.5, 0.6) is 0 Å². The van der Waals surface area contributed by atoms with Crippen LogP contribution in [0, 0.1) is 0 Å². The van der Waals surface area contributed by atoms with Gasteiger partial charge in [-0.1, -0.05) is 0 Å². The van der Waals surface area contributed by atoms with Crippen molar-refractivity contribution in [2.45, 2.75) is 6.29 Å². The standard InChI is InChI=1S/C5H13NO3/c1-7-5(8-2)4-6-9-3/h5-6H,4H2,1-3H3. The van der Waals surface area contributed by atoms with Gasteiger partial charge in [-0.15, -0.1) is 0 Å². The van der Waals surface area contributed by atoms with Gasteiger partial charge in [0.05, 0.1) is 13.7 Å². The molecule has 4 nitrogen and oxygen atoms in total. The molecule has 0 aromatic rings. The van der Waals surface area contributed by atoms with E-state index in [1.165, 1.54) is 0 Å². The monoisotopic (exact) mass is 135 g/mol. The van der Waals surface area contributed by atoms with E-state index in [-0.39, 0.29) is 6.29 Å². The predicted molar refractivity (Wildman–Crippen MR) is 32.8 cm³/mol. The summed E-state index contributed by atoms with van der Waals surface area (Å²) < 4.78 is 9.67. The van der Waals surface area contributed by atoms with Crippen molar-refractivity contribution in [2.24, 2.45) is 0 Å². The van der Waals surface area contributed by atoms with Gasteiger partial charge in [-0.2, -0.15) is 5.48 Å². The predicted octanol–water partition coefficient (Wildman–Crippen LogP) is -0.244. The molecule has 9 heavy (non-hydrogen) atoms. The minimum atomic E-state index is -0.232. The van der Waals surface area contributed by atoms with Gasteiger partial charge in [-0.05, 0) is 0 Å². The number of hydroxylamine groups is 1.